The first-order chi connectivity index (χ1) is 13.6. The van der Waals surface area contributed by atoms with Crippen LogP contribution in [0.1, 0.15) is 17.4 Å². The SMILES string of the molecule is C#CCOC1C(=O)NOc2cc(F)c(-n3c(=O)cc(C(F)(F)F)n(C)c3=O)cc21. The number of hydrogen-bond donors (Lipinski definition) is 1. The fourth-order valence-corrected chi connectivity index (χ4v) is 2.74. The summed E-state index contributed by atoms with van der Waals surface area (Å²) in [5, 5.41) is 0. The topological polar surface area (TPSA) is 91.6 Å². The highest BCUT2D eigenvalue weighted by atomic mass is 19.4. The van der Waals surface area contributed by atoms with Gasteiger partial charge in [-0.25, -0.2) is 13.8 Å². The van der Waals surface area contributed by atoms with Crippen molar-refractivity contribution in [1.29, 1.82) is 0 Å². The molecule has 1 aliphatic heterocycles. The lowest BCUT2D eigenvalue weighted by Gasteiger charge is -2.25. The number of alkyl halides is 3. The first-order valence-corrected chi connectivity index (χ1v) is 7.82. The number of ether oxygens (including phenoxy) is 1. The van der Waals surface area contributed by atoms with Gasteiger partial charge in [0.15, 0.2) is 17.7 Å². The van der Waals surface area contributed by atoms with E-state index in [-0.39, 0.29) is 33.1 Å². The molecule has 3 rings (SSSR count). The lowest BCUT2D eigenvalue weighted by molar-refractivity contribution is -0.144. The average Bonchev–Trinajstić information content (AvgIpc) is 2.64. The number of carbonyl (C=O) groups excluding carboxylic acids is 1. The molecule has 0 spiro atoms. The highest BCUT2D eigenvalue weighted by Crippen LogP contribution is 2.34. The van der Waals surface area contributed by atoms with Crippen LogP contribution in [0.3, 0.4) is 0 Å². The van der Waals surface area contributed by atoms with E-state index in [1.54, 1.807) is 0 Å². The van der Waals surface area contributed by atoms with Crippen molar-refractivity contribution in [2.75, 3.05) is 6.61 Å². The van der Waals surface area contributed by atoms with Crippen molar-refractivity contribution in [3.05, 3.63) is 56.1 Å². The molecule has 152 valence electrons. The standard InChI is InChI=1S/C17H11F4N3O5/c1-3-4-28-14-8-5-10(9(18)6-11(8)29-22-15(14)26)24-13(25)7-12(17(19,20)21)23(2)16(24)27/h1,5-7,14H,4H2,2H3,(H,22,26). The molecule has 1 atom stereocenters. The number of halogens is 4. The summed E-state index contributed by atoms with van der Waals surface area (Å²) in [5.74, 6) is -0.00360. The molecule has 1 N–H and O–H groups in total. The number of rotatable bonds is 3. The first-order valence-electron chi connectivity index (χ1n) is 7.82. The van der Waals surface area contributed by atoms with Crippen LogP contribution >= 0.6 is 0 Å². The number of terminal acetylenes is 1. The first kappa shape index (κ1) is 20.2. The summed E-state index contributed by atoms with van der Waals surface area (Å²) in [7, 11) is 0.785. The molecule has 12 heteroatoms. The summed E-state index contributed by atoms with van der Waals surface area (Å²) in [5.41, 5.74) is -3.13. The highest BCUT2D eigenvalue weighted by Gasteiger charge is 2.36. The van der Waals surface area contributed by atoms with Crippen LogP contribution in [0.5, 0.6) is 5.75 Å². The predicted octanol–water partition coefficient (Wildman–Crippen LogP) is 0.809. The van der Waals surface area contributed by atoms with Crippen molar-refractivity contribution in [3.8, 4) is 23.8 Å². The zero-order valence-corrected chi connectivity index (χ0v) is 14.5. The molecule has 1 aromatic carbocycles. The third kappa shape index (κ3) is 3.47. The molecule has 8 nitrogen and oxygen atoms in total. The molecule has 0 bridgehead atoms. The van der Waals surface area contributed by atoms with Crippen molar-refractivity contribution >= 4 is 5.91 Å². The Kier molecular flexibility index (Phi) is 4.93. The minimum absolute atomic E-state index is 0.0748. The number of fused-ring (bicyclic) bond motifs is 1. The number of amides is 1. The number of hydrogen-bond acceptors (Lipinski definition) is 5. The van der Waals surface area contributed by atoms with Crippen molar-refractivity contribution in [2.24, 2.45) is 7.05 Å². The highest BCUT2D eigenvalue weighted by molar-refractivity contribution is 5.84. The van der Waals surface area contributed by atoms with Crippen molar-refractivity contribution in [2.45, 2.75) is 12.3 Å². The number of carbonyl (C=O) groups is 1. The van der Waals surface area contributed by atoms with Crippen molar-refractivity contribution in [3.63, 3.8) is 0 Å². The van der Waals surface area contributed by atoms with Crippen LogP contribution in [-0.4, -0.2) is 21.6 Å². The van der Waals surface area contributed by atoms with Gasteiger partial charge >= 0.3 is 11.9 Å². The van der Waals surface area contributed by atoms with Crippen LogP contribution in [0, 0.1) is 18.2 Å². The van der Waals surface area contributed by atoms with Gasteiger partial charge in [0.1, 0.15) is 12.3 Å². The van der Waals surface area contributed by atoms with E-state index in [0.29, 0.717) is 0 Å². The molecular weight excluding hydrogens is 402 g/mol. The number of benzene rings is 1. The smallest absolute Gasteiger partial charge is 0.379 e. The Morgan fingerprint density at radius 2 is 1.97 bits per heavy atom. The predicted molar refractivity (Wildman–Crippen MR) is 88.5 cm³/mol. The second kappa shape index (κ2) is 7.10. The zero-order chi connectivity index (χ0) is 21.5. The minimum Gasteiger partial charge on any atom is -0.379 e. The lowest BCUT2D eigenvalue weighted by atomic mass is 10.0. The Balaban J connectivity index is 2.24. The molecule has 0 radical (unpaired) electrons. The molecule has 0 fully saturated rings. The summed E-state index contributed by atoms with van der Waals surface area (Å²) in [4.78, 5) is 41.4. The molecule has 1 unspecified atom stereocenters. The van der Waals surface area contributed by atoms with Gasteiger partial charge in [0.05, 0.1) is 5.69 Å². The maximum atomic E-state index is 14.6. The van der Waals surface area contributed by atoms with Crippen molar-refractivity contribution in [1.82, 2.24) is 14.6 Å². The summed E-state index contributed by atoms with van der Waals surface area (Å²) in [6.45, 7) is -0.299. The average molecular weight is 413 g/mol. The van der Waals surface area contributed by atoms with E-state index in [0.717, 1.165) is 19.2 Å². The molecule has 1 aliphatic rings. The summed E-state index contributed by atoms with van der Waals surface area (Å²) >= 11 is 0. The Bertz CT molecular complexity index is 1160. The molecular formula is C17H11F4N3O5. The van der Waals surface area contributed by atoms with E-state index in [9.17, 15) is 31.9 Å². The monoisotopic (exact) mass is 413 g/mol. The maximum absolute atomic E-state index is 14.6. The molecule has 1 amide bonds. The van der Waals surface area contributed by atoms with Crippen molar-refractivity contribution < 1.29 is 31.9 Å². The fraction of sp³-hybridized carbons (Fsp3) is 0.235. The largest absolute Gasteiger partial charge is 0.431 e. The van der Waals surface area contributed by atoms with E-state index in [1.165, 1.54) is 0 Å². The third-order valence-corrected chi connectivity index (χ3v) is 4.05. The van der Waals surface area contributed by atoms with Gasteiger partial charge in [-0.1, -0.05) is 5.92 Å². The molecule has 2 heterocycles. The molecule has 2 aromatic rings. The lowest BCUT2D eigenvalue weighted by Crippen LogP contribution is -2.42. The van der Waals surface area contributed by atoms with E-state index in [4.69, 9.17) is 16.0 Å². The van der Waals surface area contributed by atoms with E-state index in [1.807, 2.05) is 5.48 Å². The minimum atomic E-state index is -4.97. The van der Waals surface area contributed by atoms with Gasteiger partial charge in [0.25, 0.3) is 11.5 Å². The summed E-state index contributed by atoms with van der Waals surface area (Å²) < 4.78 is 59.1. The van der Waals surface area contributed by atoms with Crippen LogP contribution in [-0.2, 0) is 22.8 Å². The number of nitrogens with zero attached hydrogens (tertiary/aromatic N) is 2. The van der Waals surface area contributed by atoms with Gasteiger partial charge in [0.2, 0.25) is 0 Å². The van der Waals surface area contributed by atoms with Crippen LogP contribution in [0.25, 0.3) is 5.69 Å². The van der Waals surface area contributed by atoms with Crippen LogP contribution in [0.2, 0.25) is 0 Å². The summed E-state index contributed by atoms with van der Waals surface area (Å²) in [6, 6.07) is 1.82. The third-order valence-electron chi connectivity index (χ3n) is 4.05. The fourth-order valence-electron chi connectivity index (χ4n) is 2.74. The molecule has 29 heavy (non-hydrogen) atoms. The maximum Gasteiger partial charge on any atom is 0.431 e. The Labute approximate surface area is 159 Å². The number of aromatic nitrogens is 2. The number of hydroxylamine groups is 1. The molecule has 0 aliphatic carbocycles. The normalized spacial score (nSPS) is 15.9. The van der Waals surface area contributed by atoms with Gasteiger partial charge in [-0.3, -0.25) is 14.2 Å². The van der Waals surface area contributed by atoms with Gasteiger partial charge in [-0.05, 0) is 6.07 Å². The molecule has 0 saturated carbocycles. The molecule has 1 aromatic heterocycles. The van der Waals surface area contributed by atoms with Gasteiger partial charge in [0, 0.05) is 24.7 Å². The quantitative estimate of drug-likeness (QED) is 0.594. The van der Waals surface area contributed by atoms with E-state index >= 15 is 0 Å². The van der Waals surface area contributed by atoms with Crippen LogP contribution in [0.15, 0.2) is 27.8 Å². The number of nitrogens with one attached hydrogen (secondary N) is 1. The van der Waals surface area contributed by atoms with Gasteiger partial charge in [-0.2, -0.15) is 18.7 Å². The van der Waals surface area contributed by atoms with Gasteiger partial charge in [-0.15, -0.1) is 6.42 Å². The Hall–Kier alpha value is -3.59. The second-order valence-electron chi connectivity index (χ2n) is 5.85. The Morgan fingerprint density at radius 1 is 1.28 bits per heavy atom. The van der Waals surface area contributed by atoms with E-state index < -0.39 is 46.6 Å². The Morgan fingerprint density at radius 3 is 2.59 bits per heavy atom. The molecule has 0 saturated heterocycles. The van der Waals surface area contributed by atoms with Gasteiger partial charge < -0.3 is 9.57 Å². The second-order valence-corrected chi connectivity index (χ2v) is 5.85. The summed E-state index contributed by atoms with van der Waals surface area (Å²) in [6.07, 6.45) is -1.25. The zero-order valence-electron chi connectivity index (χ0n) is 14.5. The van der Waals surface area contributed by atoms with Crippen LogP contribution < -0.4 is 21.6 Å². The van der Waals surface area contributed by atoms with Crippen LogP contribution in [0.4, 0.5) is 17.6 Å². The van der Waals surface area contributed by atoms with E-state index in [2.05, 4.69) is 5.92 Å².